The molecular weight excluding hydrogens is 510 g/mol. The fourth-order valence-corrected chi connectivity index (χ4v) is 5.62. The Morgan fingerprint density at radius 1 is 0.452 bits per heavy atom. The van der Waals surface area contributed by atoms with E-state index in [2.05, 4.69) is 74.4 Å². The molecule has 0 heterocycles. The molecule has 0 aromatic rings. The van der Waals surface area contributed by atoms with Crippen LogP contribution in [-0.2, 0) is 0 Å². The zero-order valence-corrected chi connectivity index (χ0v) is 28.9. The summed E-state index contributed by atoms with van der Waals surface area (Å²) >= 11 is 0. The Labute approximate surface area is 265 Å². The van der Waals surface area contributed by atoms with Crippen molar-refractivity contribution in [1.82, 2.24) is 4.90 Å². The van der Waals surface area contributed by atoms with Crippen molar-refractivity contribution in [2.75, 3.05) is 20.2 Å². The molecule has 0 amide bonds. The number of hydrogen-bond acceptors (Lipinski definition) is 2. The average Bonchev–Trinajstić information content (AvgIpc) is 3.00. The monoisotopic (exact) mass is 586 g/mol. The summed E-state index contributed by atoms with van der Waals surface area (Å²) in [5.74, 6) is 0. The smallest absolute Gasteiger partial charge is 0.0431 e. The predicted molar refractivity (Wildman–Crippen MR) is 191 cm³/mol. The van der Waals surface area contributed by atoms with E-state index in [-0.39, 0.29) is 0 Å². The van der Waals surface area contributed by atoms with Gasteiger partial charge in [0.05, 0.1) is 0 Å². The Hall–Kier alpha value is -1.12. The minimum atomic E-state index is 0.328. The highest BCUT2D eigenvalue weighted by Gasteiger charge is 2.14. The molecule has 0 fully saturated rings. The van der Waals surface area contributed by atoms with Gasteiger partial charge in [0.1, 0.15) is 0 Å². The van der Waals surface area contributed by atoms with Crippen LogP contribution in [0.5, 0.6) is 0 Å². The van der Waals surface area contributed by atoms with Crippen LogP contribution < -0.4 is 0 Å². The minimum absolute atomic E-state index is 0.328. The molecule has 0 bridgehead atoms. The summed E-state index contributed by atoms with van der Waals surface area (Å²) in [6.07, 6.45) is 52.5. The highest BCUT2D eigenvalue weighted by molar-refractivity contribution is 4.93. The summed E-state index contributed by atoms with van der Waals surface area (Å²) in [4.78, 5) is 2.60. The Kier molecular flexibility index (Phi) is 35.1. The third kappa shape index (κ3) is 31.8. The number of rotatable bonds is 33. The number of aliphatic hydroxyl groups is 1. The summed E-state index contributed by atoms with van der Waals surface area (Å²) in [6, 6.07) is 0.722. The molecule has 0 radical (unpaired) electrons. The first-order valence-electron chi connectivity index (χ1n) is 18.7. The van der Waals surface area contributed by atoms with Crippen molar-refractivity contribution in [3.05, 3.63) is 48.6 Å². The van der Waals surface area contributed by atoms with Crippen molar-refractivity contribution in [3.8, 4) is 0 Å². The van der Waals surface area contributed by atoms with Gasteiger partial charge in [-0.3, -0.25) is 0 Å². The van der Waals surface area contributed by atoms with E-state index in [1.807, 2.05) is 0 Å². The van der Waals surface area contributed by atoms with Gasteiger partial charge in [-0.2, -0.15) is 0 Å². The van der Waals surface area contributed by atoms with Crippen LogP contribution in [0, 0.1) is 0 Å². The third-order valence-electron chi connectivity index (χ3n) is 8.52. The van der Waals surface area contributed by atoms with Crippen molar-refractivity contribution in [2.24, 2.45) is 0 Å². The number of aliphatic hydroxyl groups excluding tert-OH is 1. The standard InChI is InChI=1S/C40H75NO/c1-4-6-8-10-12-14-16-18-20-22-24-26-28-30-32-36-40(41(3)38-34-35-39-42)37-33-31-29-27-25-23-21-19-17-15-13-11-9-7-5-2/h12-15,18-21,40,42H,4-11,16-17,22-39H2,1-3H3/b14-12-,15-13-,20-18-,21-19-. The summed E-state index contributed by atoms with van der Waals surface area (Å²) in [5, 5.41) is 9.19. The fourth-order valence-electron chi connectivity index (χ4n) is 5.62. The van der Waals surface area contributed by atoms with Gasteiger partial charge in [-0.25, -0.2) is 0 Å². The number of nitrogens with zero attached hydrogens (tertiary/aromatic N) is 1. The lowest BCUT2D eigenvalue weighted by molar-refractivity contribution is 0.197. The van der Waals surface area contributed by atoms with Gasteiger partial charge in [-0.1, -0.05) is 140 Å². The molecule has 0 atom stereocenters. The predicted octanol–water partition coefficient (Wildman–Crippen LogP) is 12.7. The van der Waals surface area contributed by atoms with E-state index < -0.39 is 0 Å². The van der Waals surface area contributed by atoms with E-state index in [4.69, 9.17) is 0 Å². The van der Waals surface area contributed by atoms with Crippen molar-refractivity contribution in [1.29, 1.82) is 0 Å². The molecule has 0 aliphatic carbocycles. The first-order chi connectivity index (χ1) is 20.8. The zero-order chi connectivity index (χ0) is 30.6. The molecular formula is C40H75NO. The van der Waals surface area contributed by atoms with Gasteiger partial charge in [-0.05, 0) is 103 Å². The quantitative estimate of drug-likeness (QED) is 0.0611. The van der Waals surface area contributed by atoms with Gasteiger partial charge in [0.2, 0.25) is 0 Å². The molecule has 0 spiro atoms. The second-order valence-electron chi connectivity index (χ2n) is 12.6. The average molecular weight is 586 g/mol. The lowest BCUT2D eigenvalue weighted by Gasteiger charge is -2.28. The largest absolute Gasteiger partial charge is 0.396 e. The SMILES string of the molecule is CCCCC/C=C\C/C=C\CCCCCCCC(CCCCCCC/C=C\C/C=C\CCCCC)N(C)CCCCO. The maximum absolute atomic E-state index is 9.19. The van der Waals surface area contributed by atoms with Gasteiger partial charge in [0, 0.05) is 12.6 Å². The van der Waals surface area contributed by atoms with Gasteiger partial charge in [0.25, 0.3) is 0 Å². The molecule has 0 unspecified atom stereocenters. The number of hydrogen-bond donors (Lipinski definition) is 1. The third-order valence-corrected chi connectivity index (χ3v) is 8.52. The van der Waals surface area contributed by atoms with Crippen molar-refractivity contribution in [3.63, 3.8) is 0 Å². The summed E-state index contributed by atoms with van der Waals surface area (Å²) in [6.45, 7) is 5.99. The molecule has 2 heteroatoms. The van der Waals surface area contributed by atoms with Crippen molar-refractivity contribution in [2.45, 2.75) is 187 Å². The molecule has 0 saturated heterocycles. The van der Waals surface area contributed by atoms with E-state index in [1.165, 1.54) is 141 Å². The Balaban J connectivity index is 3.93. The van der Waals surface area contributed by atoms with Crippen molar-refractivity contribution < 1.29 is 5.11 Å². The highest BCUT2D eigenvalue weighted by atomic mass is 16.2. The molecule has 246 valence electrons. The molecule has 0 aromatic heterocycles. The van der Waals surface area contributed by atoms with Gasteiger partial charge in [0.15, 0.2) is 0 Å². The van der Waals surface area contributed by atoms with E-state index >= 15 is 0 Å². The maximum atomic E-state index is 9.19. The van der Waals surface area contributed by atoms with Crippen LogP contribution in [-0.4, -0.2) is 36.2 Å². The van der Waals surface area contributed by atoms with E-state index in [0.29, 0.717) is 6.61 Å². The molecule has 1 N–H and O–H groups in total. The second-order valence-corrected chi connectivity index (χ2v) is 12.6. The number of unbranched alkanes of at least 4 members (excludes halogenated alkanes) is 17. The second kappa shape index (κ2) is 36.1. The first-order valence-corrected chi connectivity index (χ1v) is 18.7. The normalized spacial score (nSPS) is 12.6. The molecule has 0 aromatic carbocycles. The maximum Gasteiger partial charge on any atom is 0.0431 e. The summed E-state index contributed by atoms with van der Waals surface area (Å²) < 4.78 is 0. The van der Waals surface area contributed by atoms with Crippen LogP contribution in [0.15, 0.2) is 48.6 Å². The van der Waals surface area contributed by atoms with Crippen molar-refractivity contribution >= 4 is 0 Å². The van der Waals surface area contributed by atoms with Gasteiger partial charge in [-0.15, -0.1) is 0 Å². The van der Waals surface area contributed by atoms with Crippen LogP contribution >= 0.6 is 0 Å². The molecule has 2 nitrogen and oxygen atoms in total. The minimum Gasteiger partial charge on any atom is -0.396 e. The molecule has 0 aliphatic heterocycles. The lowest BCUT2D eigenvalue weighted by Crippen LogP contribution is -2.32. The van der Waals surface area contributed by atoms with Crippen LogP contribution in [0.25, 0.3) is 0 Å². The molecule has 42 heavy (non-hydrogen) atoms. The Bertz CT molecular complexity index is 573. The van der Waals surface area contributed by atoms with Gasteiger partial charge >= 0.3 is 0 Å². The van der Waals surface area contributed by atoms with E-state index in [9.17, 15) is 5.11 Å². The molecule has 0 aliphatic rings. The Morgan fingerprint density at radius 2 is 0.833 bits per heavy atom. The topological polar surface area (TPSA) is 23.5 Å². The van der Waals surface area contributed by atoms with Gasteiger partial charge < -0.3 is 10.0 Å². The lowest BCUT2D eigenvalue weighted by atomic mass is 9.98. The van der Waals surface area contributed by atoms with Crippen LogP contribution in [0.3, 0.4) is 0 Å². The first kappa shape index (κ1) is 40.9. The highest BCUT2D eigenvalue weighted by Crippen LogP contribution is 2.19. The summed E-state index contributed by atoms with van der Waals surface area (Å²) in [5.41, 5.74) is 0. The van der Waals surface area contributed by atoms with Crippen LogP contribution in [0.2, 0.25) is 0 Å². The Morgan fingerprint density at radius 3 is 1.24 bits per heavy atom. The van der Waals surface area contributed by atoms with E-state index in [0.717, 1.165) is 38.3 Å². The zero-order valence-electron chi connectivity index (χ0n) is 28.9. The van der Waals surface area contributed by atoms with Crippen LogP contribution in [0.4, 0.5) is 0 Å². The number of allylic oxidation sites excluding steroid dienone is 8. The van der Waals surface area contributed by atoms with E-state index in [1.54, 1.807) is 0 Å². The molecule has 0 rings (SSSR count). The molecule has 0 saturated carbocycles. The van der Waals surface area contributed by atoms with Crippen LogP contribution in [0.1, 0.15) is 181 Å². The fraction of sp³-hybridized carbons (Fsp3) is 0.800. The summed E-state index contributed by atoms with van der Waals surface area (Å²) in [7, 11) is 2.32.